The number of amides is 3. The highest BCUT2D eigenvalue weighted by Crippen LogP contribution is 2.40. The molecule has 0 saturated heterocycles. The van der Waals surface area contributed by atoms with Crippen LogP contribution in [0, 0.1) is 17.7 Å². The summed E-state index contributed by atoms with van der Waals surface area (Å²) in [5, 5.41) is 8.72. The van der Waals surface area contributed by atoms with E-state index in [0.29, 0.717) is 37.1 Å². The maximum atomic E-state index is 14.7. The van der Waals surface area contributed by atoms with Gasteiger partial charge in [0.05, 0.1) is 30.4 Å². The molecule has 5 rings (SSSR count). The van der Waals surface area contributed by atoms with Crippen molar-refractivity contribution in [2.24, 2.45) is 11.8 Å². The van der Waals surface area contributed by atoms with Crippen molar-refractivity contribution in [2.75, 3.05) is 6.61 Å². The molecule has 1 aliphatic carbocycles. The molecule has 4 N–H and O–H groups in total. The SMILES string of the molecule is CCC(C)C(NC(=O)[C@@]1(NC(=O)[C@@H](NC(=O)Cc2ccccc2F)[C@@H](C)CC)CCc2[nH]c3c(C(F)(F)F)cccc3c2C1)C(=O)OCCCn1ccnc1. The second-order valence-electron chi connectivity index (χ2n) is 14.4. The molecule has 3 amide bonds. The molecule has 2 aromatic carbocycles. The van der Waals surface area contributed by atoms with E-state index in [1.807, 2.05) is 18.4 Å². The van der Waals surface area contributed by atoms with Gasteiger partial charge in [-0.25, -0.2) is 14.2 Å². The van der Waals surface area contributed by atoms with Crippen LogP contribution in [0.2, 0.25) is 0 Å². The van der Waals surface area contributed by atoms with Crippen LogP contribution in [0.3, 0.4) is 0 Å². The van der Waals surface area contributed by atoms with E-state index in [1.54, 1.807) is 38.6 Å². The van der Waals surface area contributed by atoms with Crippen molar-refractivity contribution in [1.29, 1.82) is 0 Å². The summed E-state index contributed by atoms with van der Waals surface area (Å²) in [6.07, 6.45) is 1.37. The van der Waals surface area contributed by atoms with Crippen LogP contribution in [0.4, 0.5) is 17.6 Å². The standard InChI is InChI=1S/C40H48F4N6O5/c1-5-24(3)33(47-32(51)21-26-11-7-8-14-30(26)41)36(52)49-39(16-15-31-28(22-39)27-12-9-13-29(35(27)46-31)40(42,43)44)38(54)48-34(25(4)6-2)37(53)55-20-10-18-50-19-17-45-23-50/h7-9,11-14,17,19,23-25,33-34,46H,5-6,10,15-16,18,20-22H2,1-4H3,(H,47,51)(H,48,54)(H,49,52)/t24-,25?,33-,34?,39+/m0/s1. The summed E-state index contributed by atoms with van der Waals surface area (Å²) in [7, 11) is 0. The van der Waals surface area contributed by atoms with Crippen molar-refractivity contribution in [3.8, 4) is 0 Å². The smallest absolute Gasteiger partial charge is 0.418 e. The van der Waals surface area contributed by atoms with Gasteiger partial charge in [-0.3, -0.25) is 14.4 Å². The fourth-order valence-electron chi connectivity index (χ4n) is 7.00. The van der Waals surface area contributed by atoms with E-state index in [-0.39, 0.29) is 54.7 Å². The molecule has 1 aliphatic rings. The normalized spacial score (nSPS) is 17.7. The number of nitrogens with zero attached hydrogens (tertiary/aromatic N) is 2. The fourth-order valence-corrected chi connectivity index (χ4v) is 7.00. The number of benzene rings is 2. The quantitative estimate of drug-likeness (QED) is 0.0644. The molecule has 0 saturated carbocycles. The minimum atomic E-state index is -4.65. The number of rotatable bonds is 16. The third-order valence-corrected chi connectivity index (χ3v) is 10.7. The topological polar surface area (TPSA) is 147 Å². The number of esters is 1. The Morgan fingerprint density at radius 3 is 2.40 bits per heavy atom. The van der Waals surface area contributed by atoms with Gasteiger partial charge in [-0.2, -0.15) is 13.2 Å². The zero-order valence-electron chi connectivity index (χ0n) is 31.4. The number of H-pyrrole nitrogens is 1. The van der Waals surface area contributed by atoms with E-state index in [4.69, 9.17) is 4.74 Å². The van der Waals surface area contributed by atoms with Crippen molar-refractivity contribution in [1.82, 2.24) is 30.5 Å². The lowest BCUT2D eigenvalue weighted by Crippen LogP contribution is -2.67. The number of alkyl halides is 3. The summed E-state index contributed by atoms with van der Waals surface area (Å²) in [4.78, 5) is 62.6. The number of ether oxygens (including phenoxy) is 1. The van der Waals surface area contributed by atoms with Crippen LogP contribution >= 0.6 is 0 Å². The number of aromatic nitrogens is 3. The molecule has 0 fully saturated rings. The summed E-state index contributed by atoms with van der Waals surface area (Å²) in [5.74, 6) is -4.08. The molecule has 15 heteroatoms. The highest BCUT2D eigenvalue weighted by molar-refractivity contribution is 5.98. The van der Waals surface area contributed by atoms with E-state index >= 15 is 0 Å². The second-order valence-corrected chi connectivity index (χ2v) is 14.4. The van der Waals surface area contributed by atoms with E-state index in [9.17, 15) is 36.7 Å². The molecule has 296 valence electrons. The van der Waals surface area contributed by atoms with Crippen molar-refractivity contribution < 1.29 is 41.5 Å². The number of imidazole rings is 1. The van der Waals surface area contributed by atoms with Crippen molar-refractivity contribution in [3.05, 3.63) is 89.4 Å². The minimum absolute atomic E-state index is 0.0324. The van der Waals surface area contributed by atoms with Crippen LogP contribution in [0.15, 0.2) is 61.2 Å². The lowest BCUT2D eigenvalue weighted by molar-refractivity contribution is -0.150. The number of hydrogen-bond donors (Lipinski definition) is 4. The second kappa shape index (κ2) is 17.5. The predicted molar refractivity (Wildman–Crippen MR) is 197 cm³/mol. The summed E-state index contributed by atoms with van der Waals surface area (Å²) in [6.45, 7) is 7.84. The van der Waals surface area contributed by atoms with Crippen LogP contribution in [0.5, 0.6) is 0 Å². The van der Waals surface area contributed by atoms with Crippen molar-refractivity contribution in [2.45, 2.75) is 103 Å². The van der Waals surface area contributed by atoms with Crippen LogP contribution in [0.1, 0.15) is 75.8 Å². The number of halogens is 4. The molecule has 0 aliphatic heterocycles. The molecule has 4 aromatic rings. The molecular formula is C40H48F4N6O5. The Hall–Kier alpha value is -5.21. The number of hydrogen-bond acceptors (Lipinski definition) is 6. The first-order valence-corrected chi connectivity index (χ1v) is 18.6. The molecule has 5 atom stereocenters. The largest absolute Gasteiger partial charge is 0.464 e. The zero-order valence-corrected chi connectivity index (χ0v) is 31.4. The number of fused-ring (bicyclic) bond motifs is 3. The summed E-state index contributed by atoms with van der Waals surface area (Å²) in [6, 6.07) is 7.33. The van der Waals surface area contributed by atoms with Gasteiger partial charge in [0.15, 0.2) is 0 Å². The average molecular weight is 769 g/mol. The summed E-state index contributed by atoms with van der Waals surface area (Å²) < 4.78 is 64.0. The van der Waals surface area contributed by atoms with Gasteiger partial charge in [0.1, 0.15) is 23.4 Å². The summed E-state index contributed by atoms with van der Waals surface area (Å²) >= 11 is 0. The Labute approximate surface area is 317 Å². The van der Waals surface area contributed by atoms with Gasteiger partial charge < -0.3 is 30.2 Å². The van der Waals surface area contributed by atoms with Gasteiger partial charge in [0, 0.05) is 36.4 Å². The molecule has 0 bridgehead atoms. The third-order valence-electron chi connectivity index (χ3n) is 10.7. The Morgan fingerprint density at radius 1 is 1.00 bits per heavy atom. The first kappa shape index (κ1) is 41.0. The molecule has 11 nitrogen and oxygen atoms in total. The van der Waals surface area contributed by atoms with Crippen LogP contribution in [-0.4, -0.2) is 62.5 Å². The first-order chi connectivity index (χ1) is 26.2. The molecular weight excluding hydrogens is 720 g/mol. The highest BCUT2D eigenvalue weighted by Gasteiger charge is 2.47. The Balaban J connectivity index is 1.45. The van der Waals surface area contributed by atoms with E-state index in [1.165, 1.54) is 30.3 Å². The fraction of sp³-hybridized carbons (Fsp3) is 0.475. The third kappa shape index (κ3) is 9.54. The Morgan fingerprint density at radius 2 is 1.73 bits per heavy atom. The van der Waals surface area contributed by atoms with Gasteiger partial charge in [-0.15, -0.1) is 0 Å². The van der Waals surface area contributed by atoms with Gasteiger partial charge in [0.25, 0.3) is 0 Å². The van der Waals surface area contributed by atoms with Crippen LogP contribution in [-0.2, 0) is 55.9 Å². The minimum Gasteiger partial charge on any atom is -0.464 e. The number of nitrogens with one attached hydrogen (secondary N) is 4. The molecule has 2 unspecified atom stereocenters. The number of carbonyl (C=O) groups is 4. The monoisotopic (exact) mass is 768 g/mol. The predicted octanol–water partition coefficient (Wildman–Crippen LogP) is 5.80. The zero-order chi connectivity index (χ0) is 39.9. The van der Waals surface area contributed by atoms with Gasteiger partial charge in [-0.1, -0.05) is 70.9 Å². The molecule has 0 spiro atoms. The molecule has 0 radical (unpaired) electrons. The Bertz CT molecular complexity index is 1980. The van der Waals surface area contributed by atoms with E-state index < -0.39 is 64.8 Å². The lowest BCUT2D eigenvalue weighted by Gasteiger charge is -2.39. The number of aromatic amines is 1. The molecule has 55 heavy (non-hydrogen) atoms. The summed E-state index contributed by atoms with van der Waals surface area (Å²) in [5.41, 5.74) is -1.67. The van der Waals surface area contributed by atoms with Crippen molar-refractivity contribution in [3.63, 3.8) is 0 Å². The molecule has 2 heterocycles. The van der Waals surface area contributed by atoms with E-state index in [2.05, 4.69) is 25.9 Å². The first-order valence-electron chi connectivity index (χ1n) is 18.6. The number of para-hydroxylation sites is 1. The maximum absolute atomic E-state index is 14.7. The Kier molecular flexibility index (Phi) is 13.0. The number of carbonyl (C=O) groups excluding carboxylic acids is 4. The van der Waals surface area contributed by atoms with Crippen LogP contribution in [0.25, 0.3) is 10.9 Å². The maximum Gasteiger partial charge on any atom is 0.418 e. The van der Waals surface area contributed by atoms with Gasteiger partial charge in [0.2, 0.25) is 17.7 Å². The van der Waals surface area contributed by atoms with E-state index in [0.717, 1.165) is 6.07 Å². The van der Waals surface area contributed by atoms with Crippen LogP contribution < -0.4 is 16.0 Å². The lowest BCUT2D eigenvalue weighted by atomic mass is 9.78. The van der Waals surface area contributed by atoms with Gasteiger partial charge >= 0.3 is 12.1 Å². The highest BCUT2D eigenvalue weighted by atomic mass is 19.4. The van der Waals surface area contributed by atoms with Gasteiger partial charge in [-0.05, 0) is 54.4 Å². The van der Waals surface area contributed by atoms with Crippen molar-refractivity contribution >= 4 is 34.6 Å². The number of aryl methyl sites for hydroxylation is 2. The average Bonchev–Trinajstić information content (AvgIpc) is 3.82. The molecule has 2 aromatic heterocycles.